The second-order valence-corrected chi connectivity index (χ2v) is 5.81. The monoisotopic (exact) mass is 225 g/mol. The van der Waals surface area contributed by atoms with Gasteiger partial charge in [0.05, 0.1) is 6.10 Å². The van der Waals surface area contributed by atoms with Gasteiger partial charge < -0.3 is 10.4 Å². The standard InChI is InChI=1S/C14H27NO/c1-11(12-7-5-6-8-12)15-13-9-3-2-4-10-14(13)16/h11-16H,2-10H2,1H3/t11-,13?,14?/m1/s1. The topological polar surface area (TPSA) is 32.3 Å². The Morgan fingerprint density at radius 1 is 0.938 bits per heavy atom. The first-order chi connectivity index (χ1) is 7.77. The Labute approximate surface area is 99.8 Å². The van der Waals surface area contributed by atoms with Crippen LogP contribution in [-0.2, 0) is 0 Å². The average Bonchev–Trinajstić information content (AvgIpc) is 2.73. The molecule has 0 aromatic heterocycles. The molecule has 2 N–H and O–H groups in total. The summed E-state index contributed by atoms with van der Waals surface area (Å²) in [5, 5.41) is 13.8. The van der Waals surface area contributed by atoms with E-state index < -0.39 is 0 Å². The van der Waals surface area contributed by atoms with Crippen molar-refractivity contribution in [2.45, 2.75) is 82.9 Å². The molecule has 0 aliphatic heterocycles. The summed E-state index contributed by atoms with van der Waals surface area (Å²) < 4.78 is 0. The molecule has 2 saturated carbocycles. The number of hydrogen-bond acceptors (Lipinski definition) is 2. The number of hydrogen-bond donors (Lipinski definition) is 2. The van der Waals surface area contributed by atoms with Gasteiger partial charge in [0.2, 0.25) is 0 Å². The zero-order valence-corrected chi connectivity index (χ0v) is 10.6. The van der Waals surface area contributed by atoms with Gasteiger partial charge in [0.1, 0.15) is 0 Å². The maximum Gasteiger partial charge on any atom is 0.0693 e. The summed E-state index contributed by atoms with van der Waals surface area (Å²) in [5.41, 5.74) is 0. The van der Waals surface area contributed by atoms with E-state index in [0.29, 0.717) is 12.1 Å². The van der Waals surface area contributed by atoms with Crippen molar-refractivity contribution in [3.05, 3.63) is 0 Å². The van der Waals surface area contributed by atoms with Gasteiger partial charge in [0.25, 0.3) is 0 Å². The van der Waals surface area contributed by atoms with Crippen LogP contribution in [0.2, 0.25) is 0 Å². The molecule has 2 fully saturated rings. The van der Waals surface area contributed by atoms with Crippen LogP contribution in [-0.4, -0.2) is 23.3 Å². The zero-order chi connectivity index (χ0) is 11.4. The number of aliphatic hydroxyl groups excluding tert-OH is 1. The van der Waals surface area contributed by atoms with Crippen LogP contribution in [0.4, 0.5) is 0 Å². The molecule has 2 heteroatoms. The maximum atomic E-state index is 10.1. The Bertz CT molecular complexity index is 201. The van der Waals surface area contributed by atoms with Crippen LogP contribution >= 0.6 is 0 Å². The lowest BCUT2D eigenvalue weighted by Gasteiger charge is -2.29. The molecular weight excluding hydrogens is 198 g/mol. The fraction of sp³-hybridized carbons (Fsp3) is 1.00. The molecule has 0 aromatic carbocycles. The molecule has 2 nitrogen and oxygen atoms in total. The molecular formula is C14H27NO. The minimum atomic E-state index is -0.105. The lowest BCUT2D eigenvalue weighted by molar-refractivity contribution is 0.109. The molecule has 0 bridgehead atoms. The fourth-order valence-electron chi connectivity index (χ4n) is 3.41. The van der Waals surface area contributed by atoms with E-state index >= 15 is 0 Å². The summed E-state index contributed by atoms with van der Waals surface area (Å²) in [6.07, 6.45) is 11.4. The average molecular weight is 225 g/mol. The first-order valence-electron chi connectivity index (χ1n) is 7.21. The predicted molar refractivity (Wildman–Crippen MR) is 67.4 cm³/mol. The third-order valence-electron chi connectivity index (χ3n) is 4.56. The molecule has 0 saturated heterocycles. The Morgan fingerprint density at radius 2 is 1.56 bits per heavy atom. The van der Waals surface area contributed by atoms with Crippen LogP contribution in [0, 0.1) is 5.92 Å². The van der Waals surface area contributed by atoms with Crippen molar-refractivity contribution in [3.8, 4) is 0 Å². The summed E-state index contributed by atoms with van der Waals surface area (Å²) in [7, 11) is 0. The SMILES string of the molecule is C[C@@H](NC1CCCCCC1O)C1CCCC1. The van der Waals surface area contributed by atoms with Gasteiger partial charge >= 0.3 is 0 Å². The van der Waals surface area contributed by atoms with Crippen LogP contribution in [0.15, 0.2) is 0 Å². The highest BCUT2D eigenvalue weighted by molar-refractivity contribution is 4.85. The van der Waals surface area contributed by atoms with E-state index in [0.717, 1.165) is 18.8 Å². The van der Waals surface area contributed by atoms with E-state index in [1.165, 1.54) is 44.9 Å². The molecule has 0 heterocycles. The first-order valence-corrected chi connectivity index (χ1v) is 7.21. The minimum Gasteiger partial charge on any atom is -0.392 e. The number of rotatable bonds is 3. The van der Waals surface area contributed by atoms with E-state index in [9.17, 15) is 5.11 Å². The van der Waals surface area contributed by atoms with Gasteiger partial charge in [-0.15, -0.1) is 0 Å². The van der Waals surface area contributed by atoms with Crippen LogP contribution in [0.25, 0.3) is 0 Å². The van der Waals surface area contributed by atoms with Gasteiger partial charge in [-0.05, 0) is 38.5 Å². The summed E-state index contributed by atoms with van der Waals surface area (Å²) >= 11 is 0. The predicted octanol–water partition coefficient (Wildman–Crippen LogP) is 2.85. The molecule has 0 spiro atoms. The third kappa shape index (κ3) is 3.21. The lowest BCUT2D eigenvalue weighted by atomic mass is 9.97. The largest absolute Gasteiger partial charge is 0.392 e. The van der Waals surface area contributed by atoms with Gasteiger partial charge in [-0.25, -0.2) is 0 Å². The summed E-state index contributed by atoms with van der Waals surface area (Å²) in [6, 6.07) is 0.957. The van der Waals surface area contributed by atoms with E-state index in [1.807, 2.05) is 0 Å². The molecule has 94 valence electrons. The molecule has 3 atom stereocenters. The highest BCUT2D eigenvalue weighted by Gasteiger charge is 2.27. The zero-order valence-electron chi connectivity index (χ0n) is 10.6. The quantitative estimate of drug-likeness (QED) is 0.724. The van der Waals surface area contributed by atoms with Gasteiger partial charge in [-0.3, -0.25) is 0 Å². The molecule has 16 heavy (non-hydrogen) atoms. The Morgan fingerprint density at radius 3 is 2.31 bits per heavy atom. The summed E-state index contributed by atoms with van der Waals surface area (Å²) in [6.45, 7) is 2.31. The molecule has 2 aliphatic carbocycles. The maximum absolute atomic E-state index is 10.1. The molecule has 2 unspecified atom stereocenters. The van der Waals surface area contributed by atoms with Crippen molar-refractivity contribution in [3.63, 3.8) is 0 Å². The summed E-state index contributed by atoms with van der Waals surface area (Å²) in [4.78, 5) is 0. The van der Waals surface area contributed by atoms with Crippen molar-refractivity contribution < 1.29 is 5.11 Å². The highest BCUT2D eigenvalue weighted by atomic mass is 16.3. The van der Waals surface area contributed by atoms with Crippen LogP contribution in [0.3, 0.4) is 0 Å². The van der Waals surface area contributed by atoms with Crippen LogP contribution in [0.1, 0.15) is 64.7 Å². The third-order valence-corrected chi connectivity index (χ3v) is 4.56. The molecule has 0 aromatic rings. The van der Waals surface area contributed by atoms with Crippen molar-refractivity contribution in [2.24, 2.45) is 5.92 Å². The fourth-order valence-corrected chi connectivity index (χ4v) is 3.41. The van der Waals surface area contributed by atoms with E-state index in [1.54, 1.807) is 0 Å². The lowest BCUT2D eigenvalue weighted by Crippen LogP contribution is -2.46. The minimum absolute atomic E-state index is 0.105. The van der Waals surface area contributed by atoms with Crippen LogP contribution < -0.4 is 5.32 Å². The normalized spacial score (nSPS) is 34.9. The van der Waals surface area contributed by atoms with E-state index in [2.05, 4.69) is 12.2 Å². The second-order valence-electron chi connectivity index (χ2n) is 5.81. The van der Waals surface area contributed by atoms with Gasteiger partial charge in [0.15, 0.2) is 0 Å². The van der Waals surface area contributed by atoms with Gasteiger partial charge in [-0.2, -0.15) is 0 Å². The first kappa shape index (κ1) is 12.4. The number of aliphatic hydroxyl groups is 1. The molecule has 2 aliphatic rings. The van der Waals surface area contributed by atoms with Gasteiger partial charge in [0, 0.05) is 12.1 Å². The molecule has 2 rings (SSSR count). The Kier molecular flexibility index (Phi) is 4.66. The van der Waals surface area contributed by atoms with E-state index in [-0.39, 0.29) is 6.10 Å². The Balaban J connectivity index is 1.81. The van der Waals surface area contributed by atoms with Crippen LogP contribution in [0.5, 0.6) is 0 Å². The number of nitrogens with one attached hydrogen (secondary N) is 1. The van der Waals surface area contributed by atoms with Crippen molar-refractivity contribution in [1.29, 1.82) is 0 Å². The molecule has 0 radical (unpaired) electrons. The second kappa shape index (κ2) is 6.02. The van der Waals surface area contributed by atoms with Crippen molar-refractivity contribution in [1.82, 2.24) is 5.32 Å². The van der Waals surface area contributed by atoms with Crippen molar-refractivity contribution in [2.75, 3.05) is 0 Å². The van der Waals surface area contributed by atoms with Gasteiger partial charge in [-0.1, -0.05) is 32.1 Å². The van der Waals surface area contributed by atoms with E-state index in [4.69, 9.17) is 0 Å². The van der Waals surface area contributed by atoms with Crippen molar-refractivity contribution >= 4 is 0 Å². The molecule has 0 amide bonds. The Hall–Kier alpha value is -0.0800. The summed E-state index contributed by atoms with van der Waals surface area (Å²) in [5.74, 6) is 0.857. The smallest absolute Gasteiger partial charge is 0.0693 e. The highest BCUT2D eigenvalue weighted by Crippen LogP contribution is 2.28.